The van der Waals surface area contributed by atoms with Crippen LogP contribution in [-0.2, 0) is 22.5 Å². The van der Waals surface area contributed by atoms with E-state index in [1.165, 1.54) is 5.56 Å². The Bertz CT molecular complexity index is 662. The molecule has 1 aliphatic heterocycles. The molecule has 0 bridgehead atoms. The van der Waals surface area contributed by atoms with Crippen molar-refractivity contribution in [3.8, 4) is 0 Å². The zero-order valence-electron chi connectivity index (χ0n) is 15.2. The second kappa shape index (κ2) is 10.2. The summed E-state index contributed by atoms with van der Waals surface area (Å²) in [5.74, 6) is 1.36. The molecule has 2 aromatic rings. The summed E-state index contributed by atoms with van der Waals surface area (Å²) >= 11 is 0. The highest BCUT2D eigenvalue weighted by Gasteiger charge is 2.19. The van der Waals surface area contributed by atoms with Gasteiger partial charge in [0.05, 0.1) is 6.61 Å². The zero-order chi connectivity index (χ0) is 18.0. The maximum Gasteiger partial charge on any atom is 0.184 e. The largest absolute Gasteiger partial charge is 0.381 e. The van der Waals surface area contributed by atoms with Gasteiger partial charge in [-0.05, 0) is 37.2 Å². The Hall–Kier alpha value is -1.98. The molecule has 1 aliphatic rings. The van der Waals surface area contributed by atoms with E-state index in [0.29, 0.717) is 24.6 Å². The zero-order valence-corrected chi connectivity index (χ0v) is 15.2. The minimum Gasteiger partial charge on any atom is -0.381 e. The molecule has 1 aromatic heterocycles. The SMILES string of the molecule is O=C(CCC1CCOC1)c1cc(CCCCOCc2ccccc2)on1. The highest BCUT2D eigenvalue weighted by atomic mass is 16.5. The summed E-state index contributed by atoms with van der Waals surface area (Å²) < 4.78 is 16.3. The fraction of sp³-hybridized carbons (Fsp3) is 0.524. The van der Waals surface area contributed by atoms with Crippen LogP contribution in [0.4, 0.5) is 0 Å². The number of nitrogens with zero attached hydrogens (tertiary/aromatic N) is 1. The van der Waals surface area contributed by atoms with Crippen molar-refractivity contribution < 1.29 is 18.8 Å². The van der Waals surface area contributed by atoms with Crippen molar-refractivity contribution in [1.29, 1.82) is 0 Å². The standard InChI is InChI=1S/C21H27NO4/c23-21(10-9-18-11-13-25-16-18)20-14-19(26-22-20)8-4-5-12-24-15-17-6-2-1-3-7-17/h1-3,6-7,14,18H,4-5,8-13,15-16H2. The third-order valence-electron chi connectivity index (χ3n) is 4.72. The van der Waals surface area contributed by atoms with Crippen LogP contribution in [0.15, 0.2) is 40.9 Å². The molecule has 1 saturated heterocycles. The monoisotopic (exact) mass is 357 g/mol. The van der Waals surface area contributed by atoms with E-state index >= 15 is 0 Å². The van der Waals surface area contributed by atoms with Gasteiger partial charge in [-0.3, -0.25) is 4.79 Å². The molecule has 26 heavy (non-hydrogen) atoms. The molecule has 0 N–H and O–H groups in total. The van der Waals surface area contributed by atoms with E-state index in [0.717, 1.165) is 57.7 Å². The number of carbonyl (C=O) groups excluding carboxylic acids is 1. The summed E-state index contributed by atoms with van der Waals surface area (Å²) in [7, 11) is 0. The quantitative estimate of drug-likeness (QED) is 0.445. The summed E-state index contributed by atoms with van der Waals surface area (Å²) in [4.78, 5) is 12.2. The number of carbonyl (C=O) groups is 1. The van der Waals surface area contributed by atoms with Crippen molar-refractivity contribution >= 4 is 5.78 Å². The minimum absolute atomic E-state index is 0.0677. The number of Topliss-reactive ketones (excluding diaryl/α,β-unsaturated/α-hetero) is 1. The summed E-state index contributed by atoms with van der Waals surface area (Å²) in [6.07, 6.45) is 5.15. The van der Waals surface area contributed by atoms with Crippen molar-refractivity contribution in [2.45, 2.75) is 45.1 Å². The van der Waals surface area contributed by atoms with Crippen LogP contribution < -0.4 is 0 Å². The number of unbranched alkanes of at least 4 members (excludes halogenated alkanes) is 1. The summed E-state index contributed by atoms with van der Waals surface area (Å²) in [6.45, 7) is 2.97. The van der Waals surface area contributed by atoms with E-state index in [2.05, 4.69) is 17.3 Å². The van der Waals surface area contributed by atoms with Crippen molar-refractivity contribution in [2.24, 2.45) is 5.92 Å². The molecule has 5 nitrogen and oxygen atoms in total. The Balaban J connectivity index is 1.28. The van der Waals surface area contributed by atoms with Crippen molar-refractivity contribution in [3.63, 3.8) is 0 Å². The van der Waals surface area contributed by atoms with Gasteiger partial charge in [0, 0.05) is 38.7 Å². The molecule has 1 unspecified atom stereocenters. The fourth-order valence-corrected chi connectivity index (χ4v) is 3.10. The first-order valence-electron chi connectivity index (χ1n) is 9.49. The lowest BCUT2D eigenvalue weighted by Crippen LogP contribution is -2.05. The van der Waals surface area contributed by atoms with Crippen LogP contribution in [0, 0.1) is 5.92 Å². The van der Waals surface area contributed by atoms with Gasteiger partial charge in [-0.1, -0.05) is 35.5 Å². The number of hydrogen-bond acceptors (Lipinski definition) is 5. The number of aryl methyl sites for hydroxylation is 1. The average Bonchev–Trinajstić information content (AvgIpc) is 3.35. The molecule has 0 saturated carbocycles. The molecule has 0 spiro atoms. The highest BCUT2D eigenvalue weighted by molar-refractivity contribution is 5.94. The number of benzene rings is 1. The van der Waals surface area contributed by atoms with Gasteiger partial charge >= 0.3 is 0 Å². The third kappa shape index (κ3) is 6.07. The molecule has 0 amide bonds. The first-order valence-corrected chi connectivity index (χ1v) is 9.49. The molecular weight excluding hydrogens is 330 g/mol. The molecule has 3 rings (SSSR count). The van der Waals surface area contributed by atoms with Crippen molar-refractivity contribution in [3.05, 3.63) is 53.4 Å². The van der Waals surface area contributed by atoms with E-state index in [9.17, 15) is 4.79 Å². The molecule has 5 heteroatoms. The van der Waals surface area contributed by atoms with Crippen molar-refractivity contribution in [1.82, 2.24) is 5.16 Å². The summed E-state index contributed by atoms with van der Waals surface area (Å²) in [5, 5.41) is 3.93. The van der Waals surface area contributed by atoms with Crippen LogP contribution in [0.25, 0.3) is 0 Å². The Morgan fingerprint density at radius 3 is 2.92 bits per heavy atom. The van der Waals surface area contributed by atoms with E-state index in [1.54, 1.807) is 6.07 Å². The first-order chi connectivity index (χ1) is 12.8. The van der Waals surface area contributed by atoms with Gasteiger partial charge in [-0.15, -0.1) is 0 Å². The Morgan fingerprint density at radius 2 is 2.12 bits per heavy atom. The molecule has 0 aliphatic carbocycles. The highest BCUT2D eigenvalue weighted by Crippen LogP contribution is 2.19. The maximum atomic E-state index is 12.2. The number of hydrogen-bond donors (Lipinski definition) is 0. The number of ether oxygens (including phenoxy) is 2. The van der Waals surface area contributed by atoms with Gasteiger partial charge in [0.2, 0.25) is 0 Å². The molecule has 1 atom stereocenters. The van der Waals surface area contributed by atoms with Gasteiger partial charge in [0.15, 0.2) is 5.78 Å². The summed E-state index contributed by atoms with van der Waals surface area (Å²) in [5.41, 5.74) is 1.65. The van der Waals surface area contributed by atoms with Crippen LogP contribution in [0.2, 0.25) is 0 Å². The molecular formula is C21H27NO4. The lowest BCUT2D eigenvalue weighted by Gasteiger charge is -2.04. The van der Waals surface area contributed by atoms with Gasteiger partial charge in [0.25, 0.3) is 0 Å². The predicted octanol–water partition coefficient (Wildman–Crippen LogP) is 4.21. The second-order valence-electron chi connectivity index (χ2n) is 6.87. The summed E-state index contributed by atoms with van der Waals surface area (Å²) in [6, 6.07) is 12.0. The van der Waals surface area contributed by atoms with Crippen LogP contribution in [0.3, 0.4) is 0 Å². The van der Waals surface area contributed by atoms with Gasteiger partial charge < -0.3 is 14.0 Å². The lowest BCUT2D eigenvalue weighted by atomic mass is 10.00. The van der Waals surface area contributed by atoms with E-state index in [-0.39, 0.29) is 5.78 Å². The van der Waals surface area contributed by atoms with Gasteiger partial charge in [-0.25, -0.2) is 0 Å². The number of rotatable bonds is 11. The smallest absolute Gasteiger partial charge is 0.184 e. The minimum atomic E-state index is 0.0677. The lowest BCUT2D eigenvalue weighted by molar-refractivity contribution is 0.0962. The Morgan fingerprint density at radius 1 is 1.23 bits per heavy atom. The predicted molar refractivity (Wildman–Crippen MR) is 98.0 cm³/mol. The van der Waals surface area contributed by atoms with E-state index in [4.69, 9.17) is 14.0 Å². The topological polar surface area (TPSA) is 61.6 Å². The normalized spacial score (nSPS) is 16.8. The van der Waals surface area contributed by atoms with Crippen LogP contribution in [-0.4, -0.2) is 30.8 Å². The molecule has 0 radical (unpaired) electrons. The molecule has 2 heterocycles. The average molecular weight is 357 g/mol. The fourth-order valence-electron chi connectivity index (χ4n) is 3.10. The second-order valence-corrected chi connectivity index (χ2v) is 6.87. The first kappa shape index (κ1) is 18.8. The van der Waals surface area contributed by atoms with Crippen LogP contribution in [0.5, 0.6) is 0 Å². The molecule has 140 valence electrons. The molecule has 1 fully saturated rings. The van der Waals surface area contributed by atoms with Crippen LogP contribution in [0.1, 0.15) is 53.9 Å². The van der Waals surface area contributed by atoms with E-state index in [1.807, 2.05) is 18.2 Å². The Labute approximate surface area is 154 Å². The number of aromatic nitrogens is 1. The molecule has 1 aromatic carbocycles. The van der Waals surface area contributed by atoms with Crippen molar-refractivity contribution in [2.75, 3.05) is 19.8 Å². The van der Waals surface area contributed by atoms with Gasteiger partial charge in [-0.2, -0.15) is 0 Å². The third-order valence-corrected chi connectivity index (χ3v) is 4.72. The van der Waals surface area contributed by atoms with Crippen LogP contribution >= 0.6 is 0 Å². The number of ketones is 1. The maximum absolute atomic E-state index is 12.2. The Kier molecular flexibility index (Phi) is 7.40. The van der Waals surface area contributed by atoms with E-state index < -0.39 is 0 Å². The van der Waals surface area contributed by atoms with Gasteiger partial charge in [0.1, 0.15) is 11.5 Å².